The van der Waals surface area contributed by atoms with Gasteiger partial charge in [-0.1, -0.05) is 54.1 Å². The van der Waals surface area contributed by atoms with Crippen molar-refractivity contribution >= 4 is 17.5 Å². The minimum atomic E-state index is -0.230. The smallest absolute Gasteiger partial charge is 0.270 e. The highest BCUT2D eigenvalue weighted by Crippen LogP contribution is 2.19. The van der Waals surface area contributed by atoms with Crippen LogP contribution in [0.3, 0.4) is 0 Å². The summed E-state index contributed by atoms with van der Waals surface area (Å²) >= 11 is 5.88. The van der Waals surface area contributed by atoms with Crippen LogP contribution in [0.1, 0.15) is 16.1 Å². The Morgan fingerprint density at radius 2 is 1.74 bits per heavy atom. The van der Waals surface area contributed by atoms with E-state index in [1.807, 2.05) is 42.5 Å². The van der Waals surface area contributed by atoms with E-state index in [2.05, 4.69) is 15.3 Å². The lowest BCUT2D eigenvalue weighted by atomic mass is 10.1. The van der Waals surface area contributed by atoms with E-state index in [0.29, 0.717) is 23.0 Å². The van der Waals surface area contributed by atoms with E-state index in [-0.39, 0.29) is 5.91 Å². The molecule has 3 rings (SSSR count). The Labute approximate surface area is 139 Å². The SMILES string of the molecule is O=C(NCc1ccccc1)c1cc(-c2ccc(Cl)cc2)ncn1. The van der Waals surface area contributed by atoms with Gasteiger partial charge in [-0.2, -0.15) is 0 Å². The highest BCUT2D eigenvalue weighted by atomic mass is 35.5. The fourth-order valence-electron chi connectivity index (χ4n) is 2.13. The summed E-state index contributed by atoms with van der Waals surface area (Å²) in [6.45, 7) is 0.458. The number of benzene rings is 2. The number of carbonyl (C=O) groups excluding carboxylic acids is 1. The molecule has 0 unspecified atom stereocenters. The van der Waals surface area contributed by atoms with Crippen molar-refractivity contribution in [3.63, 3.8) is 0 Å². The Kier molecular flexibility index (Phi) is 4.64. The number of nitrogens with one attached hydrogen (secondary N) is 1. The van der Waals surface area contributed by atoms with Crippen LogP contribution in [0.2, 0.25) is 5.02 Å². The van der Waals surface area contributed by atoms with Gasteiger partial charge in [-0.05, 0) is 23.8 Å². The van der Waals surface area contributed by atoms with Crippen LogP contribution in [-0.4, -0.2) is 15.9 Å². The molecule has 0 aliphatic heterocycles. The van der Waals surface area contributed by atoms with Gasteiger partial charge in [-0.15, -0.1) is 0 Å². The molecule has 2 aromatic carbocycles. The van der Waals surface area contributed by atoms with Gasteiger partial charge in [0, 0.05) is 17.1 Å². The molecule has 0 fully saturated rings. The normalized spacial score (nSPS) is 10.3. The molecule has 3 aromatic rings. The predicted octanol–water partition coefficient (Wildman–Crippen LogP) is 3.73. The van der Waals surface area contributed by atoms with Crippen LogP contribution >= 0.6 is 11.6 Å². The first-order valence-electron chi connectivity index (χ1n) is 7.12. The van der Waals surface area contributed by atoms with Crippen molar-refractivity contribution in [2.24, 2.45) is 0 Å². The van der Waals surface area contributed by atoms with Gasteiger partial charge in [0.25, 0.3) is 5.91 Å². The van der Waals surface area contributed by atoms with Crippen LogP contribution in [-0.2, 0) is 6.54 Å². The van der Waals surface area contributed by atoms with Gasteiger partial charge in [0.1, 0.15) is 12.0 Å². The Morgan fingerprint density at radius 3 is 2.48 bits per heavy atom. The highest BCUT2D eigenvalue weighted by molar-refractivity contribution is 6.30. The third-order valence-electron chi connectivity index (χ3n) is 3.34. The number of hydrogen-bond donors (Lipinski definition) is 1. The van der Waals surface area contributed by atoms with Gasteiger partial charge >= 0.3 is 0 Å². The molecular formula is C18H14ClN3O. The fourth-order valence-corrected chi connectivity index (χ4v) is 2.25. The molecule has 0 saturated carbocycles. The second-order valence-corrected chi connectivity index (χ2v) is 5.40. The lowest BCUT2D eigenvalue weighted by Crippen LogP contribution is -2.23. The molecule has 0 atom stereocenters. The molecule has 1 heterocycles. The lowest BCUT2D eigenvalue weighted by molar-refractivity contribution is 0.0946. The van der Waals surface area contributed by atoms with Crippen molar-refractivity contribution in [1.82, 2.24) is 15.3 Å². The van der Waals surface area contributed by atoms with E-state index in [1.54, 1.807) is 18.2 Å². The molecule has 1 N–H and O–H groups in total. The first kappa shape index (κ1) is 15.2. The quantitative estimate of drug-likeness (QED) is 0.796. The van der Waals surface area contributed by atoms with Gasteiger partial charge in [-0.3, -0.25) is 4.79 Å². The number of halogens is 1. The number of rotatable bonds is 4. The summed E-state index contributed by atoms with van der Waals surface area (Å²) in [7, 11) is 0. The van der Waals surface area contributed by atoms with Gasteiger partial charge in [0.05, 0.1) is 5.69 Å². The summed E-state index contributed by atoms with van der Waals surface area (Å²) in [4.78, 5) is 20.5. The lowest BCUT2D eigenvalue weighted by Gasteiger charge is -2.06. The Morgan fingerprint density at radius 1 is 1.00 bits per heavy atom. The summed E-state index contributed by atoms with van der Waals surface area (Å²) in [5.74, 6) is -0.230. The van der Waals surface area contributed by atoms with Crippen molar-refractivity contribution < 1.29 is 4.79 Å². The molecule has 1 aromatic heterocycles. The predicted molar refractivity (Wildman–Crippen MR) is 90.1 cm³/mol. The average Bonchev–Trinajstić information content (AvgIpc) is 2.61. The minimum Gasteiger partial charge on any atom is -0.347 e. The van der Waals surface area contributed by atoms with E-state index in [4.69, 9.17) is 11.6 Å². The second kappa shape index (κ2) is 7.03. The molecule has 114 valence electrons. The maximum Gasteiger partial charge on any atom is 0.270 e. The highest BCUT2D eigenvalue weighted by Gasteiger charge is 2.09. The summed E-state index contributed by atoms with van der Waals surface area (Å²) in [5.41, 5.74) is 2.93. The molecular weight excluding hydrogens is 310 g/mol. The second-order valence-electron chi connectivity index (χ2n) is 4.96. The number of carbonyl (C=O) groups is 1. The molecule has 4 nitrogen and oxygen atoms in total. The molecule has 0 bridgehead atoms. The van der Waals surface area contributed by atoms with Crippen LogP contribution in [0, 0.1) is 0 Å². The molecule has 1 amide bonds. The van der Waals surface area contributed by atoms with Gasteiger partial charge in [-0.25, -0.2) is 9.97 Å². The van der Waals surface area contributed by atoms with Gasteiger partial charge < -0.3 is 5.32 Å². The minimum absolute atomic E-state index is 0.230. The van der Waals surface area contributed by atoms with Crippen LogP contribution in [0.25, 0.3) is 11.3 Å². The van der Waals surface area contributed by atoms with Crippen LogP contribution in [0.4, 0.5) is 0 Å². The van der Waals surface area contributed by atoms with Crippen molar-refractivity contribution in [2.75, 3.05) is 0 Å². The molecule has 0 spiro atoms. The van der Waals surface area contributed by atoms with Gasteiger partial charge in [0.2, 0.25) is 0 Å². The zero-order chi connectivity index (χ0) is 16.1. The summed E-state index contributed by atoms with van der Waals surface area (Å²) in [6.07, 6.45) is 1.39. The zero-order valence-electron chi connectivity index (χ0n) is 12.2. The number of nitrogens with zero attached hydrogens (tertiary/aromatic N) is 2. The monoisotopic (exact) mass is 323 g/mol. The van der Waals surface area contributed by atoms with Crippen LogP contribution in [0.5, 0.6) is 0 Å². The maximum absolute atomic E-state index is 12.2. The summed E-state index contributed by atoms with van der Waals surface area (Å²) < 4.78 is 0. The molecule has 0 aliphatic rings. The van der Waals surface area contributed by atoms with Crippen LogP contribution < -0.4 is 5.32 Å². The average molecular weight is 324 g/mol. The zero-order valence-corrected chi connectivity index (χ0v) is 13.0. The first-order chi connectivity index (χ1) is 11.2. The summed E-state index contributed by atoms with van der Waals surface area (Å²) in [6, 6.07) is 18.7. The molecule has 23 heavy (non-hydrogen) atoms. The largest absolute Gasteiger partial charge is 0.347 e. The van der Waals surface area contributed by atoms with Crippen LogP contribution in [0.15, 0.2) is 67.0 Å². The molecule has 0 aliphatic carbocycles. The summed E-state index contributed by atoms with van der Waals surface area (Å²) in [5, 5.41) is 3.51. The number of aromatic nitrogens is 2. The Balaban J connectivity index is 1.74. The van der Waals surface area contributed by atoms with E-state index < -0.39 is 0 Å². The van der Waals surface area contributed by atoms with E-state index in [0.717, 1.165) is 11.1 Å². The molecule has 0 saturated heterocycles. The van der Waals surface area contributed by atoms with Crippen molar-refractivity contribution in [3.8, 4) is 11.3 Å². The third-order valence-corrected chi connectivity index (χ3v) is 3.59. The molecule has 5 heteroatoms. The number of hydrogen-bond acceptors (Lipinski definition) is 3. The van der Waals surface area contributed by atoms with E-state index >= 15 is 0 Å². The standard InChI is InChI=1S/C18H14ClN3O/c19-15-8-6-14(7-9-15)16-10-17(22-12-21-16)18(23)20-11-13-4-2-1-3-5-13/h1-10,12H,11H2,(H,20,23). The van der Waals surface area contributed by atoms with Crippen molar-refractivity contribution in [1.29, 1.82) is 0 Å². The maximum atomic E-state index is 12.2. The number of amides is 1. The van der Waals surface area contributed by atoms with E-state index in [9.17, 15) is 4.79 Å². The third kappa shape index (κ3) is 3.93. The van der Waals surface area contributed by atoms with Gasteiger partial charge in [0.15, 0.2) is 0 Å². The first-order valence-corrected chi connectivity index (χ1v) is 7.50. The molecule has 0 radical (unpaired) electrons. The van der Waals surface area contributed by atoms with Crippen molar-refractivity contribution in [3.05, 3.63) is 83.3 Å². The Bertz CT molecular complexity index is 804. The topological polar surface area (TPSA) is 54.9 Å². The Hall–Kier alpha value is -2.72. The van der Waals surface area contributed by atoms with Crippen molar-refractivity contribution in [2.45, 2.75) is 6.54 Å². The fraction of sp³-hybridized carbons (Fsp3) is 0.0556. The van der Waals surface area contributed by atoms with E-state index in [1.165, 1.54) is 6.33 Å².